The van der Waals surface area contributed by atoms with E-state index in [4.69, 9.17) is 10.5 Å². The summed E-state index contributed by atoms with van der Waals surface area (Å²) in [5.74, 6) is 0.333. The van der Waals surface area contributed by atoms with Gasteiger partial charge in [-0.15, -0.1) is 4.73 Å². The summed E-state index contributed by atoms with van der Waals surface area (Å²) in [6, 6.07) is 3.01. The highest BCUT2D eigenvalue weighted by Gasteiger charge is 2.51. The maximum atomic E-state index is 13.0. The van der Waals surface area contributed by atoms with Crippen molar-refractivity contribution in [3.63, 3.8) is 0 Å². The summed E-state index contributed by atoms with van der Waals surface area (Å²) >= 11 is 0. The maximum Gasteiger partial charge on any atom is 0.386 e. The summed E-state index contributed by atoms with van der Waals surface area (Å²) in [4.78, 5) is 20.3. The average Bonchev–Trinajstić information content (AvgIpc) is 2.85. The molecule has 1 aliphatic heterocycles. The Balaban J connectivity index is 1.82. The normalized spacial score (nSPS) is 18.0. The minimum atomic E-state index is -0.596. The molecule has 4 rings (SSSR count). The topological polar surface area (TPSA) is 117 Å². The second-order valence-corrected chi connectivity index (χ2v) is 6.66. The van der Waals surface area contributed by atoms with Crippen molar-refractivity contribution in [1.82, 2.24) is 15.3 Å². The van der Waals surface area contributed by atoms with E-state index in [1.807, 2.05) is 6.92 Å². The molecule has 0 atom stereocenters. The number of nitrogens with zero attached hydrogens (tertiary/aromatic N) is 3. The van der Waals surface area contributed by atoms with E-state index in [0.717, 1.165) is 36.8 Å². The van der Waals surface area contributed by atoms with Gasteiger partial charge in [0.15, 0.2) is 0 Å². The van der Waals surface area contributed by atoms with Gasteiger partial charge in [0.25, 0.3) is 5.91 Å². The molecule has 1 aliphatic carbocycles. The number of ether oxygens (including phenoxy) is 1. The number of aryl methyl sites for hydroxylation is 1. The predicted octanol–water partition coefficient (Wildman–Crippen LogP) is 1.70. The van der Waals surface area contributed by atoms with Crippen LogP contribution in [0.1, 0.15) is 53.7 Å². The monoisotopic (exact) mass is 341 g/mol. The van der Waals surface area contributed by atoms with Crippen LogP contribution in [0.5, 0.6) is 11.8 Å². The fourth-order valence-electron chi connectivity index (χ4n) is 3.88. The van der Waals surface area contributed by atoms with Crippen LogP contribution in [0.15, 0.2) is 18.5 Å². The number of rotatable bonds is 2. The van der Waals surface area contributed by atoms with Gasteiger partial charge < -0.3 is 21.0 Å². The summed E-state index contributed by atoms with van der Waals surface area (Å²) in [7, 11) is 0. The average molecular weight is 341 g/mol. The molecule has 0 bridgehead atoms. The van der Waals surface area contributed by atoms with Gasteiger partial charge in [0, 0.05) is 6.07 Å². The zero-order valence-electron chi connectivity index (χ0n) is 13.9. The first-order valence-electron chi connectivity index (χ1n) is 8.36. The molecule has 25 heavy (non-hydrogen) atoms. The molecule has 130 valence electrons. The quantitative estimate of drug-likeness (QED) is 0.634. The molecule has 3 heterocycles. The molecular formula is C17H19N5O3. The van der Waals surface area contributed by atoms with Crippen molar-refractivity contribution < 1.29 is 14.3 Å². The van der Waals surface area contributed by atoms with Crippen molar-refractivity contribution in [2.24, 2.45) is 0 Å². The summed E-state index contributed by atoms with van der Waals surface area (Å²) in [6.45, 7) is 1.81. The van der Waals surface area contributed by atoms with Gasteiger partial charge in [-0.05, 0) is 25.3 Å². The zero-order valence-corrected chi connectivity index (χ0v) is 13.9. The summed E-state index contributed by atoms with van der Waals surface area (Å²) in [5, 5.41) is 16.1. The van der Waals surface area contributed by atoms with Crippen LogP contribution >= 0.6 is 0 Å². The molecule has 2 aromatic heterocycles. The molecule has 3 N–H and O–H groups in total. The lowest BCUT2D eigenvalue weighted by atomic mass is 9.79. The number of nitrogens with one attached hydrogen (secondary N) is 1. The van der Waals surface area contributed by atoms with Crippen molar-refractivity contribution >= 4 is 11.7 Å². The molecule has 8 nitrogen and oxygen atoms in total. The largest absolute Gasteiger partial charge is 0.616 e. The predicted molar refractivity (Wildman–Crippen MR) is 88.9 cm³/mol. The van der Waals surface area contributed by atoms with Crippen LogP contribution in [-0.2, 0) is 5.54 Å². The van der Waals surface area contributed by atoms with Gasteiger partial charge >= 0.3 is 5.88 Å². The van der Waals surface area contributed by atoms with Gasteiger partial charge in [0.1, 0.15) is 23.2 Å². The number of carbonyl (C=O) groups excluding carboxylic acids is 1. The molecule has 2 aliphatic rings. The SMILES string of the molecule is Cc1cc(Oc2cc(N)ncn2)[n+]([O-])c2c1C(=O)NC21CCCCC1. The third kappa shape index (κ3) is 2.45. The molecule has 2 aromatic rings. The molecular weight excluding hydrogens is 322 g/mol. The van der Waals surface area contributed by atoms with E-state index in [2.05, 4.69) is 15.3 Å². The molecule has 0 saturated heterocycles. The minimum Gasteiger partial charge on any atom is -0.616 e. The first-order valence-corrected chi connectivity index (χ1v) is 8.36. The number of hydrogen-bond acceptors (Lipinski definition) is 6. The second-order valence-electron chi connectivity index (χ2n) is 6.66. The Labute approximate surface area is 144 Å². The third-order valence-corrected chi connectivity index (χ3v) is 4.99. The van der Waals surface area contributed by atoms with E-state index in [0.29, 0.717) is 16.8 Å². The number of nitrogen functional groups attached to an aromatic ring is 1. The Morgan fingerprint density at radius 1 is 1.28 bits per heavy atom. The molecule has 0 unspecified atom stereocenters. The number of amides is 1. The van der Waals surface area contributed by atoms with Crippen molar-refractivity contribution in [3.8, 4) is 11.8 Å². The van der Waals surface area contributed by atoms with Gasteiger partial charge in [0.05, 0.1) is 6.07 Å². The van der Waals surface area contributed by atoms with Gasteiger partial charge in [-0.2, -0.15) is 0 Å². The number of hydrogen-bond donors (Lipinski definition) is 2. The molecule has 0 aromatic carbocycles. The van der Waals surface area contributed by atoms with Gasteiger partial charge in [0.2, 0.25) is 11.6 Å². The van der Waals surface area contributed by atoms with Crippen LogP contribution in [0.2, 0.25) is 0 Å². The van der Waals surface area contributed by atoms with Crippen molar-refractivity contribution in [2.75, 3.05) is 5.73 Å². The smallest absolute Gasteiger partial charge is 0.386 e. The van der Waals surface area contributed by atoms with E-state index in [-0.39, 0.29) is 23.5 Å². The number of pyridine rings is 1. The maximum absolute atomic E-state index is 13.0. The van der Waals surface area contributed by atoms with E-state index in [9.17, 15) is 10.0 Å². The van der Waals surface area contributed by atoms with Crippen LogP contribution in [0.25, 0.3) is 0 Å². The second kappa shape index (κ2) is 5.58. The van der Waals surface area contributed by atoms with E-state index in [1.165, 1.54) is 12.4 Å². The number of anilines is 1. The molecule has 0 radical (unpaired) electrons. The number of nitrogens with two attached hydrogens (primary N) is 1. The highest BCUT2D eigenvalue weighted by atomic mass is 16.6. The highest BCUT2D eigenvalue weighted by Crippen LogP contribution is 2.42. The van der Waals surface area contributed by atoms with E-state index < -0.39 is 5.54 Å². The molecule has 1 fully saturated rings. The fourth-order valence-corrected chi connectivity index (χ4v) is 3.88. The lowest BCUT2D eigenvalue weighted by Gasteiger charge is -2.31. The highest BCUT2D eigenvalue weighted by molar-refractivity contribution is 6.00. The first kappa shape index (κ1) is 15.6. The van der Waals surface area contributed by atoms with Crippen LogP contribution in [0.4, 0.5) is 5.82 Å². The summed E-state index contributed by atoms with van der Waals surface area (Å²) < 4.78 is 6.37. The standard InChI is InChI=1S/C17H19N5O3/c1-10-7-13(25-12-8-11(18)19-9-20-12)22(24)15-14(10)16(23)21-17(15)5-3-2-4-6-17/h7-9H,2-6H2,1H3,(H,21,23)(H2,18,19,20). The Bertz CT molecular complexity index is 862. The van der Waals surface area contributed by atoms with Crippen LogP contribution in [0.3, 0.4) is 0 Å². The third-order valence-electron chi connectivity index (χ3n) is 4.99. The Hall–Kier alpha value is -2.90. The molecule has 1 amide bonds. The number of fused-ring (bicyclic) bond motifs is 2. The number of aromatic nitrogens is 3. The first-order chi connectivity index (χ1) is 12.0. The molecule has 1 saturated carbocycles. The zero-order chi connectivity index (χ0) is 17.6. The van der Waals surface area contributed by atoms with Gasteiger partial charge in [-0.1, -0.05) is 19.3 Å². The van der Waals surface area contributed by atoms with Crippen molar-refractivity contribution in [2.45, 2.75) is 44.6 Å². The van der Waals surface area contributed by atoms with E-state index >= 15 is 0 Å². The molecule has 1 spiro atoms. The van der Waals surface area contributed by atoms with Crippen molar-refractivity contribution in [3.05, 3.63) is 40.5 Å². The summed E-state index contributed by atoms with van der Waals surface area (Å²) in [5.41, 5.74) is 6.67. The van der Waals surface area contributed by atoms with E-state index in [1.54, 1.807) is 6.07 Å². The lowest BCUT2D eigenvalue weighted by Crippen LogP contribution is -2.48. The van der Waals surface area contributed by atoms with Gasteiger partial charge in [-0.3, -0.25) is 4.79 Å². The Morgan fingerprint density at radius 3 is 2.76 bits per heavy atom. The fraction of sp³-hybridized carbons (Fsp3) is 0.412. The minimum absolute atomic E-state index is 0.0794. The van der Waals surface area contributed by atoms with Crippen molar-refractivity contribution in [1.29, 1.82) is 0 Å². The van der Waals surface area contributed by atoms with Gasteiger partial charge in [-0.25, -0.2) is 9.97 Å². The van der Waals surface area contributed by atoms with Crippen LogP contribution < -0.4 is 20.5 Å². The molecule has 8 heteroatoms. The Kier molecular flexibility index (Phi) is 3.48. The van der Waals surface area contributed by atoms with Crippen LogP contribution in [0, 0.1) is 12.1 Å². The Morgan fingerprint density at radius 2 is 2.04 bits per heavy atom. The number of carbonyl (C=O) groups is 1. The summed E-state index contributed by atoms with van der Waals surface area (Å²) in [6.07, 6.45) is 5.86. The van der Waals surface area contributed by atoms with Crippen LogP contribution in [-0.4, -0.2) is 15.9 Å². The lowest BCUT2D eigenvalue weighted by molar-refractivity contribution is -0.624.